The molecule has 0 unspecified atom stereocenters. The third-order valence-electron chi connectivity index (χ3n) is 4.19. The zero-order valence-corrected chi connectivity index (χ0v) is 21.7. The van der Waals surface area contributed by atoms with Gasteiger partial charge in [0.1, 0.15) is 0 Å². The molecule has 0 aliphatic carbocycles. The minimum atomic E-state index is 0. The van der Waals surface area contributed by atoms with Crippen LogP contribution in [0.15, 0.2) is 63.0 Å². The predicted molar refractivity (Wildman–Crippen MR) is 120 cm³/mol. The fourth-order valence-electron chi connectivity index (χ4n) is 2.70. The molecule has 0 saturated heterocycles. The van der Waals surface area contributed by atoms with Gasteiger partial charge in [0, 0.05) is 4.47 Å². The molecule has 0 radical (unpaired) electrons. The Morgan fingerprint density at radius 1 is 0.815 bits per heavy atom. The van der Waals surface area contributed by atoms with Crippen LogP contribution in [-0.4, -0.2) is 0 Å². The van der Waals surface area contributed by atoms with Gasteiger partial charge in [-0.1, -0.05) is 108 Å². The third kappa shape index (κ3) is 8.76. The molecule has 0 fully saturated rings. The second-order valence-electron chi connectivity index (χ2n) is 6.38. The van der Waals surface area contributed by atoms with Crippen LogP contribution in [-0.2, 0) is 26.2 Å². The van der Waals surface area contributed by atoms with Crippen molar-refractivity contribution in [3.63, 3.8) is 0 Å². The van der Waals surface area contributed by atoms with Crippen LogP contribution in [0.2, 0.25) is 0 Å². The minimum absolute atomic E-state index is 0. The molecule has 0 nitrogen and oxygen atoms in total. The van der Waals surface area contributed by atoms with Gasteiger partial charge < -0.3 is 0 Å². The van der Waals surface area contributed by atoms with Crippen LogP contribution in [0.1, 0.15) is 63.5 Å². The molecule has 0 N–H and O–H groups in total. The smallest absolute Gasteiger partial charge is 0.261 e. The number of rotatable bonds is 9. The van der Waals surface area contributed by atoms with Crippen molar-refractivity contribution in [2.45, 2.75) is 52.4 Å². The first-order valence-electron chi connectivity index (χ1n) is 9.39. The van der Waals surface area contributed by atoms with E-state index in [0.29, 0.717) is 0 Å². The number of benzene rings is 2. The molecule has 0 heterocycles. The molecule has 2 rings (SSSR count). The Balaban J connectivity index is 0.00000364. The topological polar surface area (TPSA) is 0 Å². The number of halogens is 2. The molecular weight excluding hydrogens is 539 g/mol. The average molecular weight is 566 g/mol. The molecule has 2 aromatic carbocycles. The minimum Gasteiger partial charge on any atom is -0.261 e. The number of allylic oxidation sites excluding steroid dienone is 3. The molecule has 140 valence electrons. The van der Waals surface area contributed by atoms with E-state index in [1.54, 1.807) is 0 Å². The Morgan fingerprint density at radius 3 is 1.93 bits per heavy atom. The number of hydrogen-bond acceptors (Lipinski definition) is 0. The Labute approximate surface area is 200 Å². The van der Waals surface area contributed by atoms with E-state index >= 15 is 0 Å². The standard InChI is InChI=1S/C24H26Br2.Zr/c1-3-5-7-9-24(20-12-16-23(26)17-13-20)21(8-6-4-2)18-19-10-14-22(25)15-11-19;/h10-17H,3-8H2,1-2H3;/q-2;+2. The summed E-state index contributed by atoms with van der Waals surface area (Å²) in [6.45, 7) is 4.46. The number of unbranched alkanes of at least 4 members (excludes halogenated alkanes) is 3. The molecule has 0 spiro atoms. The van der Waals surface area contributed by atoms with Crippen LogP contribution in [0, 0.1) is 12.2 Å². The molecule has 0 saturated carbocycles. The molecule has 0 amide bonds. The maximum absolute atomic E-state index is 3.69. The van der Waals surface area contributed by atoms with Gasteiger partial charge in [0.05, 0.1) is 0 Å². The zero-order valence-electron chi connectivity index (χ0n) is 16.1. The van der Waals surface area contributed by atoms with Gasteiger partial charge >= 0.3 is 26.2 Å². The van der Waals surface area contributed by atoms with Gasteiger partial charge in [-0.2, -0.15) is 11.1 Å². The number of hydrogen-bond donors (Lipinski definition) is 0. The summed E-state index contributed by atoms with van der Waals surface area (Å²) in [5.41, 5.74) is 4.81. The summed E-state index contributed by atoms with van der Waals surface area (Å²) in [6.07, 6.45) is 14.1. The molecule has 3 heteroatoms. The van der Waals surface area contributed by atoms with Crippen LogP contribution in [0.25, 0.3) is 5.57 Å². The summed E-state index contributed by atoms with van der Waals surface area (Å²) in [5, 5.41) is 0. The first-order chi connectivity index (χ1) is 12.6. The summed E-state index contributed by atoms with van der Waals surface area (Å²) in [6, 6.07) is 16.9. The normalized spacial score (nSPS) is 12.0. The van der Waals surface area contributed by atoms with Crippen LogP contribution in [0.3, 0.4) is 0 Å². The van der Waals surface area contributed by atoms with E-state index in [4.69, 9.17) is 0 Å². The quantitative estimate of drug-likeness (QED) is 0.162. The predicted octanol–water partition coefficient (Wildman–Crippen LogP) is 8.55. The van der Waals surface area contributed by atoms with Gasteiger partial charge in [-0.3, -0.25) is 11.6 Å². The van der Waals surface area contributed by atoms with Crippen molar-refractivity contribution in [1.82, 2.24) is 0 Å². The van der Waals surface area contributed by atoms with Gasteiger partial charge in [0.25, 0.3) is 0 Å². The first kappa shape index (κ1) is 24.8. The average Bonchev–Trinajstić information content (AvgIpc) is 2.65. The molecular formula is C24H26Br2Zr. The molecule has 0 bridgehead atoms. The molecule has 0 aliphatic rings. The van der Waals surface area contributed by atoms with Crippen molar-refractivity contribution in [2.24, 2.45) is 0 Å². The van der Waals surface area contributed by atoms with Crippen molar-refractivity contribution in [1.29, 1.82) is 0 Å². The second-order valence-corrected chi connectivity index (χ2v) is 8.21. The van der Waals surface area contributed by atoms with Gasteiger partial charge in [-0.05, 0) is 4.47 Å². The van der Waals surface area contributed by atoms with E-state index in [2.05, 4.69) is 106 Å². The van der Waals surface area contributed by atoms with Gasteiger partial charge in [-0.25, -0.2) is 11.6 Å². The van der Waals surface area contributed by atoms with Crippen LogP contribution in [0.5, 0.6) is 0 Å². The fourth-order valence-corrected chi connectivity index (χ4v) is 3.23. The van der Waals surface area contributed by atoms with E-state index in [1.807, 2.05) is 0 Å². The van der Waals surface area contributed by atoms with E-state index in [0.717, 1.165) is 33.8 Å². The molecule has 27 heavy (non-hydrogen) atoms. The molecule has 0 atom stereocenters. The molecule has 2 aromatic rings. The van der Waals surface area contributed by atoms with Crippen molar-refractivity contribution >= 4 is 37.4 Å². The largest absolute Gasteiger partial charge is 2.00 e. The van der Waals surface area contributed by atoms with E-state index in [9.17, 15) is 0 Å². The van der Waals surface area contributed by atoms with Gasteiger partial charge in [0.2, 0.25) is 0 Å². The van der Waals surface area contributed by atoms with Crippen LogP contribution in [0.4, 0.5) is 0 Å². The monoisotopic (exact) mass is 562 g/mol. The van der Waals surface area contributed by atoms with Gasteiger partial charge in [-0.15, -0.1) is 24.3 Å². The van der Waals surface area contributed by atoms with Crippen molar-refractivity contribution in [3.05, 3.63) is 86.3 Å². The van der Waals surface area contributed by atoms with Crippen molar-refractivity contribution < 1.29 is 26.2 Å². The maximum Gasteiger partial charge on any atom is 2.00 e. The van der Waals surface area contributed by atoms with Crippen molar-refractivity contribution in [2.75, 3.05) is 0 Å². The maximum atomic E-state index is 3.69. The first-order valence-corrected chi connectivity index (χ1v) is 11.0. The van der Waals surface area contributed by atoms with Gasteiger partial charge in [0.15, 0.2) is 0 Å². The molecule has 0 aromatic heterocycles. The third-order valence-corrected chi connectivity index (χ3v) is 5.24. The summed E-state index contributed by atoms with van der Waals surface area (Å²) in [5.74, 6) is 0. The van der Waals surface area contributed by atoms with Crippen LogP contribution >= 0.6 is 31.9 Å². The van der Waals surface area contributed by atoms with E-state index in [-0.39, 0.29) is 26.2 Å². The summed E-state index contributed by atoms with van der Waals surface area (Å²) in [7, 11) is 0. The summed E-state index contributed by atoms with van der Waals surface area (Å²) >= 11 is 7.05. The Morgan fingerprint density at radius 2 is 1.37 bits per heavy atom. The van der Waals surface area contributed by atoms with E-state index in [1.165, 1.54) is 36.0 Å². The Kier molecular flexibility index (Phi) is 12.7. The van der Waals surface area contributed by atoms with E-state index < -0.39 is 0 Å². The van der Waals surface area contributed by atoms with Crippen LogP contribution < -0.4 is 0 Å². The zero-order chi connectivity index (χ0) is 18.8. The summed E-state index contributed by atoms with van der Waals surface area (Å²) < 4.78 is 2.20. The second kappa shape index (κ2) is 13.9. The fraction of sp³-hybridized carbons (Fsp3) is 0.333. The van der Waals surface area contributed by atoms with Crippen molar-refractivity contribution in [3.8, 4) is 0 Å². The Hall–Kier alpha value is -0.237. The Bertz CT molecular complexity index is 728. The summed E-state index contributed by atoms with van der Waals surface area (Å²) in [4.78, 5) is 0. The molecule has 0 aliphatic heterocycles. The SMILES string of the molecule is CCCC[C-]=C(C(=[C-]c1ccc(Br)cc1)CCCC)c1ccc(Br)cc1.[Zr+2].